The summed E-state index contributed by atoms with van der Waals surface area (Å²) in [7, 11) is 4.00. The number of aromatic nitrogens is 1. The van der Waals surface area contributed by atoms with Crippen LogP contribution in [-0.4, -0.2) is 30.5 Å². The second-order valence-electron chi connectivity index (χ2n) is 4.76. The topological polar surface area (TPSA) is 28.2 Å². The van der Waals surface area contributed by atoms with Crippen molar-refractivity contribution in [3.63, 3.8) is 0 Å². The summed E-state index contributed by atoms with van der Waals surface area (Å²) in [5.41, 5.74) is 1.14. The predicted molar refractivity (Wildman–Crippen MR) is 80.6 cm³/mol. The summed E-state index contributed by atoms with van der Waals surface area (Å²) in [6.07, 6.45) is 0. The van der Waals surface area contributed by atoms with Crippen LogP contribution in [0.3, 0.4) is 0 Å². The molecule has 20 heavy (non-hydrogen) atoms. The first-order chi connectivity index (χ1) is 9.56. The van der Waals surface area contributed by atoms with E-state index in [1.165, 1.54) is 6.07 Å². The number of pyridine rings is 1. The molecule has 1 aromatic carbocycles. The fourth-order valence-electron chi connectivity index (χ4n) is 1.99. The smallest absolute Gasteiger partial charge is 0.214 e. The van der Waals surface area contributed by atoms with Crippen molar-refractivity contribution < 1.29 is 4.39 Å². The van der Waals surface area contributed by atoms with Gasteiger partial charge in [-0.15, -0.1) is 0 Å². The molecule has 1 atom stereocenters. The highest BCUT2D eigenvalue weighted by Crippen LogP contribution is 2.21. The molecule has 0 bridgehead atoms. The maximum atomic E-state index is 13.0. The Morgan fingerprint density at radius 1 is 1.20 bits per heavy atom. The number of anilines is 1. The van der Waals surface area contributed by atoms with E-state index >= 15 is 0 Å². The van der Waals surface area contributed by atoms with Gasteiger partial charge in [-0.25, -0.2) is 4.98 Å². The molecule has 0 aliphatic heterocycles. The average molecular weight is 294 g/mol. The van der Waals surface area contributed by atoms with Crippen molar-refractivity contribution in [1.82, 2.24) is 9.88 Å². The van der Waals surface area contributed by atoms with Gasteiger partial charge >= 0.3 is 0 Å². The summed E-state index contributed by atoms with van der Waals surface area (Å²) in [5.74, 6) is 0.0497. The molecule has 0 fully saturated rings. The van der Waals surface area contributed by atoms with E-state index in [-0.39, 0.29) is 6.04 Å². The Hall–Kier alpha value is -1.65. The molecule has 0 aliphatic carbocycles. The summed E-state index contributed by atoms with van der Waals surface area (Å²) in [4.78, 5) is 5.89. The largest absolute Gasteiger partial charge is 0.368 e. The zero-order chi connectivity index (χ0) is 14.5. The van der Waals surface area contributed by atoms with Gasteiger partial charge in [0.25, 0.3) is 0 Å². The first-order valence-electron chi connectivity index (χ1n) is 6.34. The van der Waals surface area contributed by atoms with E-state index in [0.717, 1.165) is 5.56 Å². The van der Waals surface area contributed by atoms with Gasteiger partial charge in [0.15, 0.2) is 0 Å². The lowest BCUT2D eigenvalue weighted by Crippen LogP contribution is -2.27. The van der Waals surface area contributed by atoms with E-state index in [9.17, 15) is 4.39 Å². The van der Waals surface area contributed by atoms with Crippen LogP contribution in [0, 0.1) is 5.95 Å². The van der Waals surface area contributed by atoms with E-state index in [1.807, 2.05) is 38.4 Å². The number of halogens is 2. The first kappa shape index (κ1) is 14.8. The monoisotopic (exact) mass is 293 g/mol. The van der Waals surface area contributed by atoms with Gasteiger partial charge in [-0.1, -0.05) is 29.8 Å². The first-order valence-corrected chi connectivity index (χ1v) is 6.72. The Labute approximate surface area is 123 Å². The van der Waals surface area contributed by atoms with Gasteiger partial charge in [0, 0.05) is 11.6 Å². The van der Waals surface area contributed by atoms with Crippen molar-refractivity contribution in [2.45, 2.75) is 6.04 Å². The Kier molecular flexibility index (Phi) is 4.93. The molecule has 0 spiro atoms. The number of hydrogen-bond donors (Lipinski definition) is 1. The van der Waals surface area contributed by atoms with Crippen LogP contribution in [0.2, 0.25) is 5.02 Å². The third-order valence-electron chi connectivity index (χ3n) is 3.07. The predicted octanol–water partition coefficient (Wildman–Crippen LogP) is 3.59. The fourth-order valence-corrected chi connectivity index (χ4v) is 2.12. The van der Waals surface area contributed by atoms with Gasteiger partial charge < -0.3 is 10.2 Å². The van der Waals surface area contributed by atoms with Crippen molar-refractivity contribution >= 4 is 17.4 Å². The van der Waals surface area contributed by atoms with Crippen LogP contribution in [0.4, 0.5) is 10.2 Å². The number of hydrogen-bond acceptors (Lipinski definition) is 3. The molecule has 3 nitrogen and oxygen atoms in total. The van der Waals surface area contributed by atoms with Crippen LogP contribution in [0.15, 0.2) is 42.5 Å². The van der Waals surface area contributed by atoms with E-state index < -0.39 is 5.95 Å². The molecule has 0 radical (unpaired) electrons. The summed E-state index contributed by atoms with van der Waals surface area (Å²) >= 11 is 5.91. The van der Waals surface area contributed by atoms with Crippen molar-refractivity contribution in [2.24, 2.45) is 0 Å². The van der Waals surface area contributed by atoms with E-state index in [4.69, 9.17) is 11.6 Å². The average Bonchev–Trinajstić information content (AvgIpc) is 2.41. The van der Waals surface area contributed by atoms with E-state index in [1.54, 1.807) is 12.1 Å². The van der Waals surface area contributed by atoms with Crippen molar-refractivity contribution in [3.8, 4) is 0 Å². The van der Waals surface area contributed by atoms with Crippen LogP contribution in [0.1, 0.15) is 11.6 Å². The van der Waals surface area contributed by atoms with Crippen molar-refractivity contribution in [2.75, 3.05) is 26.0 Å². The van der Waals surface area contributed by atoms with Gasteiger partial charge in [0.05, 0.1) is 6.04 Å². The summed E-state index contributed by atoms with van der Waals surface area (Å²) in [6, 6.07) is 12.6. The Bertz CT molecular complexity index is 557. The third-order valence-corrected chi connectivity index (χ3v) is 3.32. The highest BCUT2D eigenvalue weighted by atomic mass is 35.5. The van der Waals surface area contributed by atoms with Crippen LogP contribution in [0.25, 0.3) is 0 Å². The third kappa shape index (κ3) is 3.92. The molecule has 0 saturated heterocycles. The highest BCUT2D eigenvalue weighted by Gasteiger charge is 2.14. The van der Waals surface area contributed by atoms with Gasteiger partial charge in [-0.05, 0) is 43.9 Å². The quantitative estimate of drug-likeness (QED) is 0.854. The second kappa shape index (κ2) is 6.68. The lowest BCUT2D eigenvalue weighted by molar-refractivity contribution is 0.311. The molecule has 1 N–H and O–H groups in total. The molecule has 1 unspecified atom stereocenters. The van der Waals surface area contributed by atoms with Crippen molar-refractivity contribution in [1.29, 1.82) is 0 Å². The molecule has 1 heterocycles. The van der Waals surface area contributed by atoms with E-state index in [0.29, 0.717) is 17.4 Å². The minimum absolute atomic E-state index is 0.150. The van der Waals surface area contributed by atoms with Gasteiger partial charge in [0.2, 0.25) is 5.95 Å². The van der Waals surface area contributed by atoms with Crippen molar-refractivity contribution in [3.05, 3.63) is 59.0 Å². The molecule has 0 amide bonds. The van der Waals surface area contributed by atoms with Gasteiger partial charge in [-0.3, -0.25) is 0 Å². The normalized spacial score (nSPS) is 12.4. The number of benzene rings is 1. The molecule has 5 heteroatoms. The molecule has 0 aliphatic rings. The molecular formula is C15H17ClFN3. The maximum absolute atomic E-state index is 13.0. The van der Waals surface area contributed by atoms with Crippen LogP contribution < -0.4 is 5.32 Å². The lowest BCUT2D eigenvalue weighted by atomic mass is 10.1. The Morgan fingerprint density at radius 2 is 1.90 bits per heavy atom. The standard InChI is InChI=1S/C15H17ClFN3/c1-20(2)13(11-6-8-12(16)9-7-11)10-18-15-5-3-4-14(17)19-15/h3-9,13H,10H2,1-2H3,(H,18,19). The summed E-state index contributed by atoms with van der Waals surface area (Å²) in [6.45, 7) is 0.630. The Balaban J connectivity index is 2.08. The number of rotatable bonds is 5. The zero-order valence-corrected chi connectivity index (χ0v) is 12.2. The number of nitrogens with one attached hydrogen (secondary N) is 1. The molecule has 106 valence electrons. The SMILES string of the molecule is CN(C)C(CNc1cccc(F)n1)c1ccc(Cl)cc1. The van der Waals surface area contributed by atoms with Crippen LogP contribution in [0.5, 0.6) is 0 Å². The summed E-state index contributed by atoms with van der Waals surface area (Å²) in [5, 5.41) is 3.87. The maximum Gasteiger partial charge on any atom is 0.214 e. The Morgan fingerprint density at radius 3 is 2.50 bits per heavy atom. The van der Waals surface area contributed by atoms with Gasteiger partial charge in [0.1, 0.15) is 5.82 Å². The summed E-state index contributed by atoms with van der Waals surface area (Å²) < 4.78 is 13.0. The molecular weight excluding hydrogens is 277 g/mol. The van der Waals surface area contributed by atoms with Crippen LogP contribution in [-0.2, 0) is 0 Å². The highest BCUT2D eigenvalue weighted by molar-refractivity contribution is 6.30. The second-order valence-corrected chi connectivity index (χ2v) is 5.19. The van der Waals surface area contributed by atoms with Crippen LogP contribution >= 0.6 is 11.6 Å². The zero-order valence-electron chi connectivity index (χ0n) is 11.5. The van der Waals surface area contributed by atoms with E-state index in [2.05, 4.69) is 15.2 Å². The lowest BCUT2D eigenvalue weighted by Gasteiger charge is -2.25. The van der Waals surface area contributed by atoms with Gasteiger partial charge in [-0.2, -0.15) is 4.39 Å². The molecule has 2 aromatic rings. The number of likely N-dealkylation sites (N-methyl/N-ethyl adjacent to an activating group) is 1. The molecule has 2 rings (SSSR count). The molecule has 0 saturated carbocycles. The minimum atomic E-state index is -0.483. The minimum Gasteiger partial charge on any atom is -0.368 e. The fraction of sp³-hybridized carbons (Fsp3) is 0.267. The number of nitrogens with zero attached hydrogens (tertiary/aromatic N) is 2. The molecule has 1 aromatic heterocycles.